The number of aromatic nitrogens is 4. The van der Waals surface area contributed by atoms with Crippen LogP contribution in [0.5, 0.6) is 0 Å². The first-order valence-corrected chi connectivity index (χ1v) is 13.9. The number of allylic oxidation sites excluding steroid dienone is 4. The Hall–Kier alpha value is -3.40. The van der Waals surface area contributed by atoms with E-state index in [0.717, 1.165) is 48.3 Å². The molecule has 6 rings (SSSR count). The lowest BCUT2D eigenvalue weighted by Gasteiger charge is -2.08. The predicted molar refractivity (Wildman–Crippen MR) is 158 cm³/mol. The van der Waals surface area contributed by atoms with Gasteiger partial charge in [0, 0.05) is 27.6 Å². The van der Waals surface area contributed by atoms with Gasteiger partial charge in [-0.25, -0.2) is 9.97 Å². The van der Waals surface area contributed by atoms with Crippen LogP contribution in [0.2, 0.25) is 0 Å². The molecule has 2 aliphatic heterocycles. The van der Waals surface area contributed by atoms with Crippen molar-refractivity contribution in [1.82, 2.24) is 19.9 Å². The second-order valence-corrected chi connectivity index (χ2v) is 11.0. The van der Waals surface area contributed by atoms with Crippen molar-refractivity contribution in [1.29, 1.82) is 0 Å². The summed E-state index contributed by atoms with van der Waals surface area (Å²) in [6.07, 6.45) is 3.98. The zero-order chi connectivity index (χ0) is 26.2. The van der Waals surface area contributed by atoms with Crippen molar-refractivity contribution in [3.63, 3.8) is 0 Å². The minimum Gasteiger partial charge on any atom is -0.355 e. The molecule has 5 heterocycles. The van der Waals surface area contributed by atoms with Crippen LogP contribution in [-0.2, 0) is 12.8 Å². The van der Waals surface area contributed by atoms with Crippen molar-refractivity contribution >= 4 is 44.4 Å². The average molecular weight is 491 g/mol. The maximum absolute atomic E-state index is 5.31. The smallest absolute Gasteiger partial charge is 0.0729 e. The second kappa shape index (κ2) is 8.58. The molecule has 0 saturated heterocycles. The van der Waals surface area contributed by atoms with E-state index in [-0.39, 0.29) is 0 Å². The van der Waals surface area contributed by atoms with Gasteiger partial charge < -0.3 is 9.97 Å². The fourth-order valence-corrected chi connectivity index (χ4v) is 6.83. The van der Waals surface area contributed by atoms with Gasteiger partial charge in [0.05, 0.1) is 22.8 Å². The molecule has 2 N–H and O–H groups in total. The fourth-order valence-electron chi connectivity index (χ4n) is 6.83. The van der Waals surface area contributed by atoms with Gasteiger partial charge in [-0.1, -0.05) is 27.7 Å². The van der Waals surface area contributed by atoms with Crippen LogP contribution in [0, 0.1) is 13.8 Å². The molecule has 190 valence electrons. The summed E-state index contributed by atoms with van der Waals surface area (Å²) < 4.78 is 0. The maximum atomic E-state index is 5.31. The molecular formula is C33H38N4. The van der Waals surface area contributed by atoms with Crippen LogP contribution in [0.15, 0.2) is 18.2 Å². The minimum atomic E-state index is 0.419. The first kappa shape index (κ1) is 24.0. The van der Waals surface area contributed by atoms with Crippen molar-refractivity contribution in [3.05, 3.63) is 68.8 Å². The van der Waals surface area contributed by atoms with Crippen molar-refractivity contribution in [2.24, 2.45) is 0 Å². The van der Waals surface area contributed by atoms with Gasteiger partial charge in [-0.2, -0.15) is 0 Å². The molecule has 1 unspecified atom stereocenters. The van der Waals surface area contributed by atoms with Crippen LogP contribution < -0.4 is 0 Å². The monoisotopic (exact) mass is 490 g/mol. The summed E-state index contributed by atoms with van der Waals surface area (Å²) in [4.78, 5) is 18.1. The van der Waals surface area contributed by atoms with Crippen LogP contribution >= 0.6 is 0 Å². The SMILES string of the molecule is CCC1=C(C)c2cc3[nH]c(cc4[nH]c(cc5nc6c(c1n2)C(C)CC6=C5C)c(CC)c4C)c(CC)c3C. The number of aryl methyl sites for hydroxylation is 4. The average Bonchev–Trinajstić information content (AvgIpc) is 3.60. The third-order valence-corrected chi connectivity index (χ3v) is 9.04. The number of H-pyrrole nitrogens is 2. The lowest BCUT2D eigenvalue weighted by atomic mass is 9.96. The first-order valence-electron chi connectivity index (χ1n) is 13.9. The van der Waals surface area contributed by atoms with E-state index in [9.17, 15) is 0 Å². The molecule has 8 bridgehead atoms. The molecule has 3 aromatic rings. The van der Waals surface area contributed by atoms with E-state index in [1.165, 1.54) is 72.4 Å². The standard InChI is InChI=1S/C33H38N4/c1-9-21-17(5)25-13-27-19(7)23(11-3)32(36-27)31-16(4)12-24-20(8)28(37-33(24)31)15-30-22(10-2)18(6)26(35-30)14-29(21)34-25/h13-16,34-35H,9-12H2,1-8H3. The molecule has 0 aromatic carbocycles. The molecule has 0 amide bonds. The number of nitrogens with one attached hydrogen (secondary N) is 2. The van der Waals surface area contributed by atoms with Gasteiger partial charge in [0.2, 0.25) is 0 Å². The molecule has 0 spiro atoms. The molecule has 0 saturated carbocycles. The Morgan fingerprint density at radius 1 is 0.703 bits per heavy atom. The van der Waals surface area contributed by atoms with Crippen molar-refractivity contribution in [2.45, 2.75) is 87.0 Å². The Morgan fingerprint density at radius 2 is 1.24 bits per heavy atom. The van der Waals surface area contributed by atoms with E-state index in [4.69, 9.17) is 9.97 Å². The number of hydrogen-bond donors (Lipinski definition) is 2. The number of fused-ring (bicyclic) bond motifs is 8. The van der Waals surface area contributed by atoms with Gasteiger partial charge >= 0.3 is 0 Å². The number of rotatable bonds is 3. The number of aromatic amines is 2. The minimum absolute atomic E-state index is 0.419. The molecule has 4 heteroatoms. The molecule has 3 aliphatic rings. The lowest BCUT2D eigenvalue weighted by Crippen LogP contribution is -1.95. The van der Waals surface area contributed by atoms with Gasteiger partial charge in [0.25, 0.3) is 0 Å². The number of nitrogens with zero attached hydrogens (tertiary/aromatic N) is 2. The van der Waals surface area contributed by atoms with E-state index < -0.39 is 0 Å². The van der Waals surface area contributed by atoms with E-state index in [0.29, 0.717) is 5.92 Å². The van der Waals surface area contributed by atoms with Crippen LogP contribution in [0.4, 0.5) is 0 Å². The predicted octanol–water partition coefficient (Wildman–Crippen LogP) is 8.84. The summed E-state index contributed by atoms with van der Waals surface area (Å²) in [5.74, 6) is 0.419. The molecule has 0 radical (unpaired) electrons. The van der Waals surface area contributed by atoms with E-state index in [2.05, 4.69) is 83.6 Å². The summed E-state index contributed by atoms with van der Waals surface area (Å²) in [6.45, 7) is 18.0. The third kappa shape index (κ3) is 3.41. The molecule has 37 heavy (non-hydrogen) atoms. The Morgan fingerprint density at radius 3 is 1.86 bits per heavy atom. The van der Waals surface area contributed by atoms with Gasteiger partial charge in [-0.3, -0.25) is 0 Å². The lowest BCUT2D eigenvalue weighted by molar-refractivity contribution is 0.817. The van der Waals surface area contributed by atoms with Crippen molar-refractivity contribution in [3.8, 4) is 0 Å². The highest BCUT2D eigenvalue weighted by molar-refractivity contribution is 5.99. The molecule has 1 atom stereocenters. The normalized spacial score (nSPS) is 16.9. The summed E-state index contributed by atoms with van der Waals surface area (Å²) in [5.41, 5.74) is 21.3. The third-order valence-electron chi connectivity index (χ3n) is 9.04. The van der Waals surface area contributed by atoms with Crippen LogP contribution in [0.3, 0.4) is 0 Å². The van der Waals surface area contributed by atoms with Gasteiger partial charge in [0.1, 0.15) is 0 Å². The van der Waals surface area contributed by atoms with E-state index in [1.807, 2.05) is 0 Å². The molecule has 4 nitrogen and oxygen atoms in total. The largest absolute Gasteiger partial charge is 0.355 e. The van der Waals surface area contributed by atoms with Gasteiger partial charge in [0.15, 0.2) is 0 Å². The maximum Gasteiger partial charge on any atom is 0.0729 e. The fraction of sp³-hybridized carbons (Fsp3) is 0.394. The van der Waals surface area contributed by atoms with Crippen LogP contribution in [0.1, 0.15) is 111 Å². The highest BCUT2D eigenvalue weighted by Crippen LogP contribution is 2.49. The Bertz CT molecular complexity index is 1700. The molecule has 0 fully saturated rings. The Labute approximate surface area is 220 Å². The molecule has 1 aliphatic carbocycles. The molecule has 3 aromatic heterocycles. The number of hydrogen-bond acceptors (Lipinski definition) is 2. The summed E-state index contributed by atoms with van der Waals surface area (Å²) >= 11 is 0. The van der Waals surface area contributed by atoms with Gasteiger partial charge in [-0.05, 0) is 122 Å². The quantitative estimate of drug-likeness (QED) is 0.385. The zero-order valence-electron chi connectivity index (χ0n) is 23.5. The van der Waals surface area contributed by atoms with Crippen LogP contribution in [-0.4, -0.2) is 19.9 Å². The molecular weight excluding hydrogens is 452 g/mol. The highest BCUT2D eigenvalue weighted by Gasteiger charge is 2.34. The highest BCUT2D eigenvalue weighted by atomic mass is 14.8. The van der Waals surface area contributed by atoms with Crippen molar-refractivity contribution in [2.75, 3.05) is 0 Å². The Kier molecular flexibility index (Phi) is 5.56. The van der Waals surface area contributed by atoms with E-state index in [1.54, 1.807) is 0 Å². The second-order valence-electron chi connectivity index (χ2n) is 11.0. The summed E-state index contributed by atoms with van der Waals surface area (Å²) in [5, 5.41) is 0. The van der Waals surface area contributed by atoms with E-state index >= 15 is 0 Å². The first-order chi connectivity index (χ1) is 17.8. The van der Waals surface area contributed by atoms with Gasteiger partial charge in [-0.15, -0.1) is 0 Å². The zero-order valence-corrected chi connectivity index (χ0v) is 23.5. The summed E-state index contributed by atoms with van der Waals surface area (Å²) in [6, 6.07) is 6.85. The summed E-state index contributed by atoms with van der Waals surface area (Å²) in [7, 11) is 0. The van der Waals surface area contributed by atoms with Crippen LogP contribution in [0.25, 0.3) is 44.4 Å². The Balaban J connectivity index is 1.85. The topological polar surface area (TPSA) is 57.4 Å². The van der Waals surface area contributed by atoms with Crippen molar-refractivity contribution < 1.29 is 0 Å².